The number of alkyl carbamates (subject to hydrolysis) is 1. The fourth-order valence-corrected chi connectivity index (χ4v) is 1.31. The van der Waals surface area contributed by atoms with Crippen LogP contribution in [0.3, 0.4) is 0 Å². The molecule has 1 unspecified atom stereocenters. The number of nitrogens with one attached hydrogen (secondary N) is 1. The molecular weight excluding hydrogens is 250 g/mol. The van der Waals surface area contributed by atoms with Gasteiger partial charge in [-0.05, 0) is 34.1 Å². The molecule has 19 heavy (non-hydrogen) atoms. The van der Waals surface area contributed by atoms with Crippen molar-refractivity contribution < 1.29 is 24.2 Å². The van der Waals surface area contributed by atoms with Crippen molar-refractivity contribution in [2.45, 2.75) is 51.9 Å². The zero-order valence-electron chi connectivity index (χ0n) is 12.1. The van der Waals surface area contributed by atoms with Crippen molar-refractivity contribution in [3.63, 3.8) is 0 Å². The first-order valence-electron chi connectivity index (χ1n) is 6.01. The third kappa shape index (κ3) is 7.46. The standard InChI is InChI=1S/C13H23NO5/c1-8(14-12(17)19-13(3,4)5)7-10(15)9(2)11(16)18-6/h8,10,15H,2,7H2,1,3-6H3,(H,14,17)/t8-,10?/m0/s1. The summed E-state index contributed by atoms with van der Waals surface area (Å²) < 4.78 is 9.52. The third-order valence-electron chi connectivity index (χ3n) is 2.19. The second kappa shape index (κ2) is 7.13. The zero-order valence-corrected chi connectivity index (χ0v) is 12.1. The van der Waals surface area contributed by atoms with E-state index >= 15 is 0 Å². The van der Waals surface area contributed by atoms with E-state index in [1.807, 2.05) is 0 Å². The van der Waals surface area contributed by atoms with Gasteiger partial charge in [0.15, 0.2) is 0 Å². The molecule has 0 aromatic carbocycles. The molecule has 0 radical (unpaired) electrons. The highest BCUT2D eigenvalue weighted by Gasteiger charge is 2.22. The number of aliphatic hydroxyl groups excluding tert-OH is 1. The van der Waals surface area contributed by atoms with Crippen molar-refractivity contribution in [2.75, 3.05) is 7.11 Å². The van der Waals surface area contributed by atoms with Gasteiger partial charge in [-0.3, -0.25) is 0 Å². The van der Waals surface area contributed by atoms with Crippen molar-refractivity contribution >= 4 is 12.1 Å². The summed E-state index contributed by atoms with van der Waals surface area (Å²) in [4.78, 5) is 22.6. The maximum atomic E-state index is 11.5. The quantitative estimate of drug-likeness (QED) is 0.584. The van der Waals surface area contributed by atoms with Crippen LogP contribution >= 0.6 is 0 Å². The number of carbonyl (C=O) groups is 2. The number of carbonyl (C=O) groups excluding carboxylic acids is 2. The van der Waals surface area contributed by atoms with E-state index in [1.165, 1.54) is 7.11 Å². The normalized spacial score (nSPS) is 14.2. The van der Waals surface area contributed by atoms with E-state index in [0.29, 0.717) is 0 Å². The molecule has 0 aromatic heterocycles. The molecule has 0 bridgehead atoms. The van der Waals surface area contributed by atoms with Crippen LogP contribution in [0.15, 0.2) is 12.2 Å². The van der Waals surface area contributed by atoms with Crippen LogP contribution in [0.25, 0.3) is 0 Å². The van der Waals surface area contributed by atoms with Crippen LogP contribution in [0.1, 0.15) is 34.1 Å². The molecular formula is C13H23NO5. The number of rotatable bonds is 5. The van der Waals surface area contributed by atoms with Gasteiger partial charge in [-0.25, -0.2) is 9.59 Å². The third-order valence-corrected chi connectivity index (χ3v) is 2.19. The Kier molecular flexibility index (Phi) is 6.55. The molecule has 0 fully saturated rings. The van der Waals surface area contributed by atoms with Crippen LogP contribution < -0.4 is 5.32 Å². The summed E-state index contributed by atoms with van der Waals surface area (Å²) >= 11 is 0. The Hall–Kier alpha value is -1.56. The highest BCUT2D eigenvalue weighted by atomic mass is 16.6. The fraction of sp³-hybridized carbons (Fsp3) is 0.692. The van der Waals surface area contributed by atoms with Gasteiger partial charge in [0.2, 0.25) is 0 Å². The minimum Gasteiger partial charge on any atom is -0.466 e. The molecule has 0 aliphatic rings. The van der Waals surface area contributed by atoms with Gasteiger partial charge in [-0.2, -0.15) is 0 Å². The highest BCUT2D eigenvalue weighted by molar-refractivity contribution is 5.88. The van der Waals surface area contributed by atoms with E-state index in [0.717, 1.165) is 0 Å². The second-order valence-corrected chi connectivity index (χ2v) is 5.32. The first kappa shape index (κ1) is 17.4. The van der Waals surface area contributed by atoms with Crippen molar-refractivity contribution in [3.05, 3.63) is 12.2 Å². The molecule has 6 heteroatoms. The van der Waals surface area contributed by atoms with E-state index in [1.54, 1.807) is 27.7 Å². The van der Waals surface area contributed by atoms with Gasteiger partial charge >= 0.3 is 12.1 Å². The Balaban J connectivity index is 4.24. The molecule has 110 valence electrons. The molecule has 0 aliphatic carbocycles. The summed E-state index contributed by atoms with van der Waals surface area (Å²) in [6.45, 7) is 10.4. The van der Waals surface area contributed by atoms with Gasteiger partial charge < -0.3 is 19.9 Å². The minimum absolute atomic E-state index is 0.0414. The SMILES string of the molecule is C=C(C(=O)OC)C(O)C[C@H](C)NC(=O)OC(C)(C)C. The monoisotopic (exact) mass is 273 g/mol. The predicted molar refractivity (Wildman–Crippen MR) is 70.6 cm³/mol. The lowest BCUT2D eigenvalue weighted by atomic mass is 10.0. The summed E-state index contributed by atoms with van der Waals surface area (Å²) in [5, 5.41) is 12.3. The lowest BCUT2D eigenvalue weighted by Gasteiger charge is -2.23. The highest BCUT2D eigenvalue weighted by Crippen LogP contribution is 2.10. The minimum atomic E-state index is -1.07. The maximum Gasteiger partial charge on any atom is 0.407 e. The number of ether oxygens (including phenoxy) is 2. The molecule has 0 rings (SSSR count). The maximum absolute atomic E-state index is 11.5. The van der Waals surface area contributed by atoms with Gasteiger partial charge in [0.1, 0.15) is 5.60 Å². The van der Waals surface area contributed by atoms with Gasteiger partial charge in [0.05, 0.1) is 18.8 Å². The fourth-order valence-electron chi connectivity index (χ4n) is 1.31. The molecule has 0 aromatic rings. The molecule has 0 spiro atoms. The summed E-state index contributed by atoms with van der Waals surface area (Å²) in [7, 11) is 1.21. The Morgan fingerprint density at radius 2 is 1.89 bits per heavy atom. The molecule has 2 atom stereocenters. The molecule has 0 aliphatic heterocycles. The van der Waals surface area contributed by atoms with Crippen LogP contribution in [-0.2, 0) is 14.3 Å². The smallest absolute Gasteiger partial charge is 0.407 e. The van der Waals surface area contributed by atoms with E-state index in [-0.39, 0.29) is 18.0 Å². The number of aliphatic hydroxyl groups is 1. The average molecular weight is 273 g/mol. The van der Waals surface area contributed by atoms with Crippen LogP contribution in [-0.4, -0.2) is 42.0 Å². The molecule has 2 N–H and O–H groups in total. The molecule has 0 saturated carbocycles. The van der Waals surface area contributed by atoms with Crippen LogP contribution in [0.2, 0.25) is 0 Å². The van der Waals surface area contributed by atoms with Crippen molar-refractivity contribution in [2.24, 2.45) is 0 Å². The van der Waals surface area contributed by atoms with Crippen LogP contribution in [0, 0.1) is 0 Å². The average Bonchev–Trinajstić information content (AvgIpc) is 2.23. The van der Waals surface area contributed by atoms with Gasteiger partial charge in [0.25, 0.3) is 0 Å². The van der Waals surface area contributed by atoms with Crippen molar-refractivity contribution in [3.8, 4) is 0 Å². The Morgan fingerprint density at radius 3 is 2.32 bits per heavy atom. The van der Waals surface area contributed by atoms with Gasteiger partial charge in [0, 0.05) is 6.04 Å². The zero-order chi connectivity index (χ0) is 15.2. The summed E-state index contributed by atoms with van der Waals surface area (Å²) in [5.74, 6) is -0.669. The summed E-state index contributed by atoms with van der Waals surface area (Å²) in [5.41, 5.74) is -0.627. The topological polar surface area (TPSA) is 84.9 Å². The van der Waals surface area contributed by atoms with Crippen LogP contribution in [0.5, 0.6) is 0 Å². The lowest BCUT2D eigenvalue weighted by Crippen LogP contribution is -2.39. The summed E-state index contributed by atoms with van der Waals surface area (Å²) in [6, 6.07) is -0.369. The Morgan fingerprint density at radius 1 is 1.37 bits per heavy atom. The first-order valence-corrected chi connectivity index (χ1v) is 6.01. The van der Waals surface area contributed by atoms with Crippen molar-refractivity contribution in [1.29, 1.82) is 0 Å². The Labute approximate surface area is 113 Å². The van der Waals surface area contributed by atoms with Crippen molar-refractivity contribution in [1.82, 2.24) is 5.32 Å². The predicted octanol–water partition coefficient (Wildman–Crippen LogP) is 1.38. The van der Waals surface area contributed by atoms with E-state index in [9.17, 15) is 14.7 Å². The first-order chi connectivity index (χ1) is 8.56. The van der Waals surface area contributed by atoms with Crippen LogP contribution in [0.4, 0.5) is 4.79 Å². The Bertz CT molecular complexity index is 345. The number of amides is 1. The van der Waals surface area contributed by atoms with Gasteiger partial charge in [-0.1, -0.05) is 6.58 Å². The van der Waals surface area contributed by atoms with Gasteiger partial charge in [-0.15, -0.1) is 0 Å². The largest absolute Gasteiger partial charge is 0.466 e. The number of hydrogen-bond acceptors (Lipinski definition) is 5. The lowest BCUT2D eigenvalue weighted by molar-refractivity contribution is -0.137. The molecule has 0 saturated heterocycles. The number of esters is 1. The molecule has 1 amide bonds. The molecule has 6 nitrogen and oxygen atoms in total. The summed E-state index contributed by atoms with van der Waals surface area (Å²) in [6.07, 6.45) is -1.50. The molecule has 0 heterocycles. The van der Waals surface area contributed by atoms with E-state index < -0.39 is 23.8 Å². The van der Waals surface area contributed by atoms with E-state index in [4.69, 9.17) is 4.74 Å². The number of methoxy groups -OCH3 is 1. The number of hydrogen-bond donors (Lipinski definition) is 2. The van der Waals surface area contributed by atoms with E-state index in [2.05, 4.69) is 16.6 Å². The second-order valence-electron chi connectivity index (χ2n) is 5.32.